The number of aromatic nitrogens is 1. The lowest BCUT2D eigenvalue weighted by atomic mass is 9.96. The predicted octanol–water partition coefficient (Wildman–Crippen LogP) is 3.52. The van der Waals surface area contributed by atoms with Crippen molar-refractivity contribution in [1.82, 2.24) is 4.57 Å². The van der Waals surface area contributed by atoms with E-state index in [1.165, 1.54) is 22.0 Å². The van der Waals surface area contributed by atoms with E-state index in [1.54, 1.807) is 43.3 Å². The molecule has 0 fully saturated rings. The first kappa shape index (κ1) is 21.1. The summed E-state index contributed by atoms with van der Waals surface area (Å²) in [6.07, 6.45) is 3.18. The first-order valence-corrected chi connectivity index (χ1v) is 10.7. The lowest BCUT2D eigenvalue weighted by Gasteiger charge is -2.24. The summed E-state index contributed by atoms with van der Waals surface area (Å²) in [5, 5.41) is 0.556. The summed E-state index contributed by atoms with van der Waals surface area (Å²) in [5.41, 5.74) is 1.26. The van der Waals surface area contributed by atoms with E-state index in [-0.39, 0.29) is 12.2 Å². The maximum Gasteiger partial charge on any atom is 0.338 e. The zero-order valence-electron chi connectivity index (χ0n) is 16.9. The van der Waals surface area contributed by atoms with Gasteiger partial charge in [0, 0.05) is 11.1 Å². The normalized spacial score (nSPS) is 16.1. The smallest absolute Gasteiger partial charge is 0.338 e. The molecule has 0 saturated heterocycles. The highest BCUT2D eigenvalue weighted by Gasteiger charge is 2.33. The molecule has 1 aromatic carbocycles. The molecule has 0 spiro atoms. The Bertz CT molecular complexity index is 1380. The van der Waals surface area contributed by atoms with E-state index in [0.29, 0.717) is 31.4 Å². The quantitative estimate of drug-likeness (QED) is 0.436. The first-order chi connectivity index (χ1) is 14.9. The molecule has 1 aliphatic rings. The topological polar surface area (TPSA) is 73.8 Å². The number of hydrogen-bond acceptors (Lipinski definition) is 6. The minimum atomic E-state index is -0.689. The Morgan fingerprint density at radius 3 is 2.68 bits per heavy atom. The molecule has 6 nitrogen and oxygen atoms in total. The number of fused-ring (bicyclic) bond motifs is 1. The maximum atomic E-state index is 13.4. The van der Waals surface area contributed by atoms with Gasteiger partial charge in [-0.2, -0.15) is 0 Å². The lowest BCUT2D eigenvalue weighted by Crippen LogP contribution is -2.39. The summed E-state index contributed by atoms with van der Waals surface area (Å²) >= 11 is 7.30. The molecule has 1 atom stereocenters. The Hall–Kier alpha value is -3.16. The molecule has 1 aliphatic heterocycles. The molecule has 31 heavy (non-hydrogen) atoms. The van der Waals surface area contributed by atoms with Gasteiger partial charge >= 0.3 is 5.97 Å². The highest BCUT2D eigenvalue weighted by Crippen LogP contribution is 2.31. The SMILES string of the molecule is C=CCOC(=O)C1=C(C)N=c2s/c(=C/c3ccc(C)o3)c(=O)n2[C@H]1c1ccc(Cl)cc1. The molecule has 0 amide bonds. The van der Waals surface area contributed by atoms with Gasteiger partial charge in [0.25, 0.3) is 5.56 Å². The van der Waals surface area contributed by atoms with Gasteiger partial charge in [-0.3, -0.25) is 9.36 Å². The van der Waals surface area contributed by atoms with Crippen molar-refractivity contribution in [3.8, 4) is 0 Å². The van der Waals surface area contributed by atoms with E-state index < -0.39 is 12.0 Å². The van der Waals surface area contributed by atoms with E-state index in [1.807, 2.05) is 13.0 Å². The summed E-state index contributed by atoms with van der Waals surface area (Å²) in [6.45, 7) is 7.22. The van der Waals surface area contributed by atoms with Crippen LogP contribution in [-0.4, -0.2) is 17.1 Å². The molecule has 3 aromatic rings. The highest BCUT2D eigenvalue weighted by atomic mass is 35.5. The number of thiazole rings is 1. The zero-order valence-corrected chi connectivity index (χ0v) is 18.5. The Morgan fingerprint density at radius 2 is 2.03 bits per heavy atom. The van der Waals surface area contributed by atoms with Gasteiger partial charge in [-0.15, -0.1) is 0 Å². The van der Waals surface area contributed by atoms with Crippen molar-refractivity contribution in [2.75, 3.05) is 6.61 Å². The molecule has 8 heteroatoms. The van der Waals surface area contributed by atoms with E-state index in [4.69, 9.17) is 20.8 Å². The number of carbonyl (C=O) groups is 1. The molecular formula is C23H19ClN2O4S. The number of esters is 1. The molecule has 158 valence electrons. The predicted molar refractivity (Wildman–Crippen MR) is 120 cm³/mol. The second-order valence-electron chi connectivity index (χ2n) is 6.97. The number of aryl methyl sites for hydroxylation is 1. The number of carbonyl (C=O) groups excluding carboxylic acids is 1. The Kier molecular flexibility index (Phi) is 5.80. The van der Waals surface area contributed by atoms with E-state index in [9.17, 15) is 9.59 Å². The number of halogens is 1. The molecular weight excluding hydrogens is 436 g/mol. The fourth-order valence-electron chi connectivity index (χ4n) is 3.42. The van der Waals surface area contributed by atoms with Crippen LogP contribution in [0, 0.1) is 6.92 Å². The summed E-state index contributed by atoms with van der Waals surface area (Å²) in [4.78, 5) is 31.3. The van der Waals surface area contributed by atoms with E-state index in [0.717, 1.165) is 11.3 Å². The van der Waals surface area contributed by atoms with Gasteiger partial charge in [-0.1, -0.05) is 47.7 Å². The number of allylic oxidation sites excluding steroid dienone is 1. The van der Waals surface area contributed by atoms with Gasteiger partial charge in [0.15, 0.2) is 4.80 Å². The van der Waals surface area contributed by atoms with Crippen molar-refractivity contribution in [3.63, 3.8) is 0 Å². The largest absolute Gasteiger partial charge is 0.462 e. The van der Waals surface area contributed by atoms with E-state index >= 15 is 0 Å². The molecule has 4 rings (SSSR count). The molecule has 0 bridgehead atoms. The third-order valence-corrected chi connectivity index (χ3v) is 6.03. The second-order valence-corrected chi connectivity index (χ2v) is 8.41. The van der Waals surface area contributed by atoms with Gasteiger partial charge in [-0.05, 0) is 43.7 Å². The van der Waals surface area contributed by atoms with Gasteiger partial charge in [0.2, 0.25) is 0 Å². The zero-order chi connectivity index (χ0) is 22.1. The molecule has 0 radical (unpaired) electrons. The number of hydrogen-bond donors (Lipinski definition) is 0. The van der Waals surface area contributed by atoms with Gasteiger partial charge < -0.3 is 9.15 Å². The minimum Gasteiger partial charge on any atom is -0.462 e. The van der Waals surface area contributed by atoms with Crippen LogP contribution in [0.3, 0.4) is 0 Å². The molecule has 0 N–H and O–H groups in total. The number of rotatable bonds is 5. The van der Waals surface area contributed by atoms with Crippen LogP contribution in [0.15, 0.2) is 74.5 Å². The Labute approximate surface area is 187 Å². The van der Waals surface area contributed by atoms with Gasteiger partial charge in [0.1, 0.15) is 18.1 Å². The van der Waals surface area contributed by atoms with Crippen molar-refractivity contribution < 1.29 is 13.9 Å². The first-order valence-electron chi connectivity index (χ1n) is 9.51. The molecule has 0 unspecified atom stereocenters. The van der Waals surface area contributed by atoms with Crippen LogP contribution in [0.2, 0.25) is 5.02 Å². The van der Waals surface area contributed by atoms with Crippen LogP contribution in [0.4, 0.5) is 0 Å². The minimum absolute atomic E-state index is 0.0607. The Morgan fingerprint density at radius 1 is 1.29 bits per heavy atom. The summed E-state index contributed by atoms with van der Waals surface area (Å²) in [6, 6.07) is 9.97. The Balaban J connectivity index is 1.93. The fourth-order valence-corrected chi connectivity index (χ4v) is 4.57. The molecule has 0 saturated carbocycles. The van der Waals surface area contributed by atoms with Crippen LogP contribution < -0.4 is 14.9 Å². The summed E-state index contributed by atoms with van der Waals surface area (Å²) < 4.78 is 12.9. The summed E-state index contributed by atoms with van der Waals surface area (Å²) in [7, 11) is 0. The lowest BCUT2D eigenvalue weighted by molar-refractivity contribution is -0.138. The number of benzene rings is 1. The van der Waals surface area contributed by atoms with Crippen molar-refractivity contribution in [3.05, 3.63) is 102 Å². The van der Waals surface area contributed by atoms with Crippen LogP contribution in [0.5, 0.6) is 0 Å². The second kappa shape index (κ2) is 8.53. The van der Waals surface area contributed by atoms with Crippen LogP contribution >= 0.6 is 22.9 Å². The van der Waals surface area contributed by atoms with Crippen molar-refractivity contribution >= 4 is 35.0 Å². The number of furan rings is 1. The molecule has 3 heterocycles. The van der Waals surface area contributed by atoms with Crippen LogP contribution in [0.25, 0.3) is 6.08 Å². The van der Waals surface area contributed by atoms with Crippen LogP contribution in [-0.2, 0) is 9.53 Å². The van der Waals surface area contributed by atoms with E-state index in [2.05, 4.69) is 11.6 Å². The standard InChI is InChI=1S/C23H19ClN2O4S/c1-4-11-29-22(28)19-14(3)25-23-26(20(19)15-6-8-16(24)9-7-15)21(27)18(31-23)12-17-10-5-13(2)30-17/h4-10,12,20H,1,11H2,2-3H3/b18-12+/t20-/m0/s1. The average molecular weight is 455 g/mol. The van der Waals surface area contributed by atoms with Gasteiger partial charge in [0.05, 0.1) is 21.8 Å². The van der Waals surface area contributed by atoms with Crippen molar-refractivity contribution in [1.29, 1.82) is 0 Å². The summed E-state index contributed by atoms with van der Waals surface area (Å²) in [5.74, 6) is 0.783. The van der Waals surface area contributed by atoms with Gasteiger partial charge in [-0.25, -0.2) is 9.79 Å². The van der Waals surface area contributed by atoms with Crippen LogP contribution in [0.1, 0.15) is 30.0 Å². The maximum absolute atomic E-state index is 13.4. The molecule has 2 aromatic heterocycles. The number of nitrogens with zero attached hydrogens (tertiary/aromatic N) is 2. The highest BCUT2D eigenvalue weighted by molar-refractivity contribution is 7.07. The fraction of sp³-hybridized carbons (Fsp3) is 0.174. The van der Waals surface area contributed by atoms with Crippen molar-refractivity contribution in [2.45, 2.75) is 19.9 Å². The monoisotopic (exact) mass is 454 g/mol. The average Bonchev–Trinajstić information content (AvgIpc) is 3.28. The number of ether oxygens (including phenoxy) is 1. The molecule has 0 aliphatic carbocycles. The third kappa shape index (κ3) is 4.06. The van der Waals surface area contributed by atoms with Crippen molar-refractivity contribution in [2.24, 2.45) is 4.99 Å². The third-order valence-electron chi connectivity index (χ3n) is 4.79.